The van der Waals surface area contributed by atoms with Crippen molar-refractivity contribution in [3.8, 4) is 0 Å². The smallest absolute Gasteiger partial charge is 0.176 e. The average molecular weight is 232 g/mol. The first kappa shape index (κ1) is 12.3. The van der Waals surface area contributed by atoms with Gasteiger partial charge in [-0.25, -0.2) is 0 Å². The standard InChI is InChI=1S/C14H20N2O/c15-10-12-6-8-16(9-7-12)11-14(17)13-4-2-1-3-5-13/h1-5,12H,6-11,15H2. The lowest BCUT2D eigenvalue weighted by atomic mass is 9.97. The van der Waals surface area contributed by atoms with E-state index in [1.54, 1.807) is 0 Å². The van der Waals surface area contributed by atoms with Crippen LogP contribution in [0.5, 0.6) is 0 Å². The van der Waals surface area contributed by atoms with Gasteiger partial charge in [0, 0.05) is 5.56 Å². The molecule has 0 saturated carbocycles. The Hall–Kier alpha value is -1.19. The maximum Gasteiger partial charge on any atom is 0.176 e. The molecule has 92 valence electrons. The molecule has 1 aliphatic rings. The van der Waals surface area contributed by atoms with Crippen LogP contribution < -0.4 is 5.73 Å². The number of rotatable bonds is 4. The molecule has 2 N–H and O–H groups in total. The van der Waals surface area contributed by atoms with Gasteiger partial charge in [-0.3, -0.25) is 9.69 Å². The Morgan fingerprint density at radius 3 is 2.47 bits per heavy atom. The van der Waals surface area contributed by atoms with Crippen molar-refractivity contribution in [3.63, 3.8) is 0 Å². The van der Waals surface area contributed by atoms with E-state index in [-0.39, 0.29) is 5.78 Å². The molecule has 0 unspecified atom stereocenters. The second-order valence-corrected chi connectivity index (χ2v) is 4.74. The molecule has 0 amide bonds. The third-order valence-electron chi connectivity index (χ3n) is 3.50. The second kappa shape index (κ2) is 5.94. The van der Waals surface area contributed by atoms with E-state index in [2.05, 4.69) is 4.90 Å². The van der Waals surface area contributed by atoms with E-state index in [4.69, 9.17) is 5.73 Å². The molecule has 0 aromatic heterocycles. The van der Waals surface area contributed by atoms with E-state index in [1.807, 2.05) is 30.3 Å². The van der Waals surface area contributed by atoms with Crippen molar-refractivity contribution in [3.05, 3.63) is 35.9 Å². The molecule has 1 fully saturated rings. The molecule has 1 heterocycles. The molecule has 1 aliphatic heterocycles. The van der Waals surface area contributed by atoms with Gasteiger partial charge in [0.2, 0.25) is 0 Å². The van der Waals surface area contributed by atoms with Crippen molar-refractivity contribution >= 4 is 5.78 Å². The minimum Gasteiger partial charge on any atom is -0.330 e. The van der Waals surface area contributed by atoms with Crippen LogP contribution in [0.4, 0.5) is 0 Å². The highest BCUT2D eigenvalue weighted by Crippen LogP contribution is 2.16. The highest BCUT2D eigenvalue weighted by molar-refractivity contribution is 5.97. The number of nitrogens with zero attached hydrogens (tertiary/aromatic N) is 1. The molecule has 0 atom stereocenters. The maximum absolute atomic E-state index is 12.0. The van der Waals surface area contributed by atoms with Crippen LogP contribution in [0.25, 0.3) is 0 Å². The molecule has 1 saturated heterocycles. The zero-order valence-corrected chi connectivity index (χ0v) is 10.1. The summed E-state index contributed by atoms with van der Waals surface area (Å²) in [6.45, 7) is 3.32. The van der Waals surface area contributed by atoms with Gasteiger partial charge >= 0.3 is 0 Å². The van der Waals surface area contributed by atoms with E-state index >= 15 is 0 Å². The van der Waals surface area contributed by atoms with Crippen LogP contribution >= 0.6 is 0 Å². The van der Waals surface area contributed by atoms with Gasteiger partial charge in [0.05, 0.1) is 6.54 Å². The summed E-state index contributed by atoms with van der Waals surface area (Å²) in [5, 5.41) is 0. The first-order valence-corrected chi connectivity index (χ1v) is 6.30. The number of ketones is 1. The highest BCUT2D eigenvalue weighted by Gasteiger charge is 2.20. The molecular weight excluding hydrogens is 212 g/mol. The quantitative estimate of drug-likeness (QED) is 0.801. The lowest BCUT2D eigenvalue weighted by Crippen LogP contribution is -2.39. The van der Waals surface area contributed by atoms with Crippen molar-refractivity contribution < 1.29 is 4.79 Å². The molecule has 0 spiro atoms. The summed E-state index contributed by atoms with van der Waals surface area (Å²) in [5.74, 6) is 0.870. The second-order valence-electron chi connectivity index (χ2n) is 4.74. The number of carbonyl (C=O) groups excluding carboxylic acids is 1. The SMILES string of the molecule is NCC1CCN(CC(=O)c2ccccc2)CC1. The number of likely N-dealkylation sites (tertiary alicyclic amines) is 1. The van der Waals surface area contributed by atoms with Gasteiger partial charge in [0.25, 0.3) is 0 Å². The topological polar surface area (TPSA) is 46.3 Å². The molecule has 17 heavy (non-hydrogen) atoms. The van der Waals surface area contributed by atoms with Crippen molar-refractivity contribution in [1.29, 1.82) is 0 Å². The first-order valence-electron chi connectivity index (χ1n) is 6.30. The van der Waals surface area contributed by atoms with Gasteiger partial charge in [0.15, 0.2) is 5.78 Å². The van der Waals surface area contributed by atoms with E-state index in [0.29, 0.717) is 12.5 Å². The van der Waals surface area contributed by atoms with Crippen molar-refractivity contribution in [2.45, 2.75) is 12.8 Å². The zero-order chi connectivity index (χ0) is 12.1. The Kier molecular flexibility index (Phi) is 4.29. The lowest BCUT2D eigenvalue weighted by molar-refractivity contribution is 0.0898. The molecule has 0 bridgehead atoms. The van der Waals surface area contributed by atoms with Gasteiger partial charge in [-0.2, -0.15) is 0 Å². The molecule has 0 radical (unpaired) electrons. The lowest BCUT2D eigenvalue weighted by Gasteiger charge is -2.30. The van der Waals surface area contributed by atoms with Crippen LogP contribution in [0, 0.1) is 5.92 Å². The van der Waals surface area contributed by atoms with Crippen LogP contribution in [0.2, 0.25) is 0 Å². The van der Waals surface area contributed by atoms with Gasteiger partial charge in [-0.05, 0) is 38.4 Å². The Morgan fingerprint density at radius 2 is 1.88 bits per heavy atom. The average Bonchev–Trinajstić information content (AvgIpc) is 2.40. The number of hydrogen-bond donors (Lipinski definition) is 1. The van der Waals surface area contributed by atoms with Gasteiger partial charge < -0.3 is 5.73 Å². The van der Waals surface area contributed by atoms with Crippen LogP contribution in [-0.4, -0.2) is 36.9 Å². The molecule has 1 aromatic carbocycles. The van der Waals surface area contributed by atoms with Crippen molar-refractivity contribution in [1.82, 2.24) is 4.90 Å². The Balaban J connectivity index is 1.84. The zero-order valence-electron chi connectivity index (χ0n) is 10.1. The summed E-state index contributed by atoms with van der Waals surface area (Å²) in [7, 11) is 0. The first-order chi connectivity index (χ1) is 8.29. The molecule has 3 heteroatoms. The van der Waals surface area contributed by atoms with Crippen LogP contribution in [0.15, 0.2) is 30.3 Å². The Labute approximate surface area is 103 Å². The number of hydrogen-bond acceptors (Lipinski definition) is 3. The van der Waals surface area contributed by atoms with Crippen molar-refractivity contribution in [2.75, 3.05) is 26.2 Å². The van der Waals surface area contributed by atoms with Crippen LogP contribution in [-0.2, 0) is 0 Å². The number of Topliss-reactive ketones (excluding diaryl/α,β-unsaturated/α-hetero) is 1. The third kappa shape index (κ3) is 3.38. The van der Waals surface area contributed by atoms with Gasteiger partial charge in [-0.15, -0.1) is 0 Å². The molecular formula is C14H20N2O. The van der Waals surface area contributed by atoms with Gasteiger partial charge in [0.1, 0.15) is 0 Å². The Morgan fingerprint density at radius 1 is 1.24 bits per heavy atom. The van der Waals surface area contributed by atoms with Crippen LogP contribution in [0.3, 0.4) is 0 Å². The third-order valence-corrected chi connectivity index (χ3v) is 3.50. The van der Waals surface area contributed by atoms with Crippen molar-refractivity contribution in [2.24, 2.45) is 11.7 Å². The number of piperidine rings is 1. The number of benzene rings is 1. The fourth-order valence-electron chi connectivity index (χ4n) is 2.30. The predicted molar refractivity (Wildman–Crippen MR) is 69.0 cm³/mol. The molecule has 2 rings (SSSR count). The summed E-state index contributed by atoms with van der Waals surface area (Å²) >= 11 is 0. The van der Waals surface area contributed by atoms with Gasteiger partial charge in [-0.1, -0.05) is 30.3 Å². The number of nitrogens with two attached hydrogens (primary N) is 1. The molecule has 0 aliphatic carbocycles. The molecule has 3 nitrogen and oxygen atoms in total. The number of carbonyl (C=O) groups is 1. The summed E-state index contributed by atoms with van der Waals surface area (Å²) in [6, 6.07) is 9.52. The fraction of sp³-hybridized carbons (Fsp3) is 0.500. The minimum absolute atomic E-state index is 0.219. The fourth-order valence-corrected chi connectivity index (χ4v) is 2.30. The highest BCUT2D eigenvalue weighted by atomic mass is 16.1. The van der Waals surface area contributed by atoms with E-state index in [1.165, 1.54) is 0 Å². The predicted octanol–water partition coefficient (Wildman–Crippen LogP) is 1.54. The molecule has 1 aromatic rings. The van der Waals surface area contributed by atoms with E-state index < -0.39 is 0 Å². The maximum atomic E-state index is 12.0. The summed E-state index contributed by atoms with van der Waals surface area (Å²) < 4.78 is 0. The van der Waals surface area contributed by atoms with E-state index in [9.17, 15) is 4.79 Å². The summed E-state index contributed by atoms with van der Waals surface area (Å²) in [6.07, 6.45) is 2.25. The minimum atomic E-state index is 0.219. The largest absolute Gasteiger partial charge is 0.330 e. The monoisotopic (exact) mass is 232 g/mol. The Bertz CT molecular complexity index is 356. The normalized spacial score (nSPS) is 18.2. The van der Waals surface area contributed by atoms with Crippen LogP contribution in [0.1, 0.15) is 23.2 Å². The van der Waals surface area contributed by atoms with E-state index in [0.717, 1.165) is 38.0 Å². The summed E-state index contributed by atoms with van der Waals surface area (Å²) in [5.41, 5.74) is 6.47. The summed E-state index contributed by atoms with van der Waals surface area (Å²) in [4.78, 5) is 14.2.